The highest BCUT2D eigenvalue weighted by Gasteiger charge is 2.08. The second-order valence-corrected chi connectivity index (χ2v) is 7.29. The van der Waals surface area contributed by atoms with Crippen molar-refractivity contribution < 1.29 is 4.79 Å². The van der Waals surface area contributed by atoms with Crippen molar-refractivity contribution in [3.63, 3.8) is 0 Å². The number of hydrogen-bond donors (Lipinski definition) is 3. The number of likely N-dealkylation sites (tertiary alicyclic amines) is 1. The van der Waals surface area contributed by atoms with Gasteiger partial charge >= 0.3 is 0 Å². The lowest BCUT2D eigenvalue weighted by Gasteiger charge is -2.20. The lowest BCUT2D eigenvalue weighted by atomic mass is 10.1. The SMILES string of the molecule is CCNC(=O)c1ccc(CN=C(NCC)NCCCN2CCCCCC2)cc1.I. The number of benzene rings is 1. The van der Waals surface area contributed by atoms with E-state index < -0.39 is 0 Å². The molecule has 0 bridgehead atoms. The summed E-state index contributed by atoms with van der Waals surface area (Å²) < 4.78 is 0. The number of carbonyl (C=O) groups excluding carboxylic acids is 1. The molecule has 1 aliphatic heterocycles. The summed E-state index contributed by atoms with van der Waals surface area (Å²) in [6.45, 7) is 10.7. The third-order valence-corrected chi connectivity index (χ3v) is 4.96. The summed E-state index contributed by atoms with van der Waals surface area (Å²) in [6.07, 6.45) is 6.59. The van der Waals surface area contributed by atoms with E-state index in [4.69, 9.17) is 0 Å². The standard InChI is InChI=1S/C22H37N5O.HI/c1-3-23-21(28)20-12-10-19(11-13-20)18-26-22(24-4-2)25-14-9-17-27-15-7-5-6-8-16-27;/h10-13H,3-9,14-18H2,1-2H3,(H,23,28)(H2,24,25,26);1H. The molecule has 3 N–H and O–H groups in total. The highest BCUT2D eigenvalue weighted by molar-refractivity contribution is 14.0. The first-order valence-corrected chi connectivity index (χ1v) is 10.8. The topological polar surface area (TPSA) is 68.8 Å². The van der Waals surface area contributed by atoms with Gasteiger partial charge in [0.05, 0.1) is 6.54 Å². The largest absolute Gasteiger partial charge is 0.357 e. The number of guanidine groups is 1. The lowest BCUT2D eigenvalue weighted by molar-refractivity contribution is 0.0956. The normalized spacial score (nSPS) is 15.2. The molecule has 1 amide bonds. The van der Waals surface area contributed by atoms with Gasteiger partial charge in [-0.05, 0) is 70.4 Å². The minimum atomic E-state index is -0.0306. The van der Waals surface area contributed by atoms with Crippen LogP contribution in [0.15, 0.2) is 29.3 Å². The molecule has 0 saturated carbocycles. The van der Waals surface area contributed by atoms with Crippen LogP contribution in [0, 0.1) is 0 Å². The highest BCUT2D eigenvalue weighted by atomic mass is 127. The van der Waals surface area contributed by atoms with Crippen LogP contribution in [-0.4, -0.2) is 56.0 Å². The van der Waals surface area contributed by atoms with E-state index in [1.807, 2.05) is 31.2 Å². The van der Waals surface area contributed by atoms with Crippen LogP contribution >= 0.6 is 24.0 Å². The van der Waals surface area contributed by atoms with Crippen molar-refractivity contribution in [2.75, 3.05) is 39.3 Å². The Labute approximate surface area is 193 Å². The Morgan fingerprint density at radius 1 is 0.966 bits per heavy atom. The summed E-state index contributed by atoms with van der Waals surface area (Å²) in [5.41, 5.74) is 1.78. The van der Waals surface area contributed by atoms with Crippen molar-refractivity contribution in [3.8, 4) is 0 Å². The predicted octanol–water partition coefficient (Wildman–Crippen LogP) is 3.38. The molecule has 0 radical (unpaired) electrons. The minimum Gasteiger partial charge on any atom is -0.357 e. The maximum atomic E-state index is 11.8. The van der Waals surface area contributed by atoms with Crippen LogP contribution in [0.3, 0.4) is 0 Å². The second-order valence-electron chi connectivity index (χ2n) is 7.29. The van der Waals surface area contributed by atoms with Crippen molar-refractivity contribution in [2.24, 2.45) is 4.99 Å². The minimum absolute atomic E-state index is 0. The molecule has 1 aliphatic rings. The van der Waals surface area contributed by atoms with E-state index in [1.165, 1.54) is 38.8 Å². The van der Waals surface area contributed by atoms with Gasteiger partial charge in [0.1, 0.15) is 0 Å². The average Bonchev–Trinajstić information content (AvgIpc) is 2.98. The van der Waals surface area contributed by atoms with Gasteiger partial charge in [-0.2, -0.15) is 0 Å². The summed E-state index contributed by atoms with van der Waals surface area (Å²) in [5.74, 6) is 0.822. The van der Waals surface area contributed by atoms with E-state index >= 15 is 0 Å². The fraction of sp³-hybridized carbons (Fsp3) is 0.636. The van der Waals surface area contributed by atoms with E-state index in [9.17, 15) is 4.79 Å². The Morgan fingerprint density at radius 2 is 1.62 bits per heavy atom. The van der Waals surface area contributed by atoms with Crippen LogP contribution < -0.4 is 16.0 Å². The number of nitrogens with zero attached hydrogens (tertiary/aromatic N) is 2. The van der Waals surface area contributed by atoms with Crippen molar-refractivity contribution in [3.05, 3.63) is 35.4 Å². The highest BCUT2D eigenvalue weighted by Crippen LogP contribution is 2.09. The van der Waals surface area contributed by atoms with Crippen LogP contribution in [-0.2, 0) is 6.54 Å². The molecule has 0 unspecified atom stereocenters. The summed E-state index contributed by atoms with van der Waals surface area (Å²) in [4.78, 5) is 19.1. The summed E-state index contributed by atoms with van der Waals surface area (Å²) in [5, 5.41) is 9.56. The molecule has 7 heteroatoms. The Hall–Kier alpha value is -1.35. The van der Waals surface area contributed by atoms with Gasteiger partial charge in [-0.3, -0.25) is 4.79 Å². The van der Waals surface area contributed by atoms with Crippen LogP contribution in [0.5, 0.6) is 0 Å². The van der Waals surface area contributed by atoms with Gasteiger partial charge in [0.2, 0.25) is 0 Å². The number of aliphatic imine (C=N–C) groups is 1. The predicted molar refractivity (Wildman–Crippen MR) is 132 cm³/mol. The molecule has 1 fully saturated rings. The van der Waals surface area contributed by atoms with Crippen molar-refractivity contribution >= 4 is 35.8 Å². The maximum absolute atomic E-state index is 11.8. The first-order chi connectivity index (χ1) is 13.7. The zero-order valence-corrected chi connectivity index (χ0v) is 20.3. The molecule has 0 aliphatic carbocycles. The first kappa shape index (κ1) is 25.7. The van der Waals surface area contributed by atoms with E-state index in [2.05, 4.69) is 32.8 Å². The molecule has 0 atom stereocenters. The fourth-order valence-corrected chi connectivity index (χ4v) is 3.41. The van der Waals surface area contributed by atoms with E-state index in [1.54, 1.807) is 0 Å². The maximum Gasteiger partial charge on any atom is 0.251 e. The fourth-order valence-electron chi connectivity index (χ4n) is 3.41. The van der Waals surface area contributed by atoms with E-state index in [0.29, 0.717) is 18.7 Å². The lowest BCUT2D eigenvalue weighted by Crippen LogP contribution is -2.39. The monoisotopic (exact) mass is 515 g/mol. The first-order valence-electron chi connectivity index (χ1n) is 10.8. The van der Waals surface area contributed by atoms with Crippen molar-refractivity contribution in [2.45, 2.75) is 52.5 Å². The van der Waals surface area contributed by atoms with Crippen LogP contribution in [0.4, 0.5) is 0 Å². The summed E-state index contributed by atoms with van der Waals surface area (Å²) in [7, 11) is 0. The molecule has 1 saturated heterocycles. The Kier molecular flexibility index (Phi) is 13.7. The molecule has 0 spiro atoms. The Bertz CT molecular complexity index is 598. The quantitative estimate of drug-likeness (QED) is 0.204. The van der Waals surface area contributed by atoms with Crippen LogP contribution in [0.25, 0.3) is 0 Å². The number of carbonyl (C=O) groups is 1. The van der Waals surface area contributed by atoms with Gasteiger partial charge in [-0.25, -0.2) is 4.99 Å². The molecule has 6 nitrogen and oxygen atoms in total. The van der Waals surface area contributed by atoms with Gasteiger partial charge in [0.15, 0.2) is 5.96 Å². The zero-order valence-electron chi connectivity index (χ0n) is 18.0. The average molecular weight is 515 g/mol. The molecule has 0 aromatic heterocycles. The molecule has 1 heterocycles. The number of rotatable bonds is 9. The summed E-state index contributed by atoms with van der Waals surface area (Å²) in [6, 6.07) is 7.66. The number of halogens is 1. The summed E-state index contributed by atoms with van der Waals surface area (Å²) >= 11 is 0. The molecule has 29 heavy (non-hydrogen) atoms. The van der Waals surface area contributed by atoms with Crippen molar-refractivity contribution in [1.82, 2.24) is 20.9 Å². The molecular formula is C22H38IN5O. The van der Waals surface area contributed by atoms with Gasteiger partial charge in [-0.15, -0.1) is 24.0 Å². The smallest absolute Gasteiger partial charge is 0.251 e. The third-order valence-electron chi connectivity index (χ3n) is 4.96. The molecule has 1 aromatic rings. The molecule has 2 rings (SSSR count). The Balaban J connectivity index is 0.00000420. The van der Waals surface area contributed by atoms with Crippen LogP contribution in [0.1, 0.15) is 61.9 Å². The van der Waals surface area contributed by atoms with Crippen LogP contribution in [0.2, 0.25) is 0 Å². The number of hydrogen-bond acceptors (Lipinski definition) is 3. The number of nitrogens with one attached hydrogen (secondary N) is 3. The van der Waals surface area contributed by atoms with Crippen molar-refractivity contribution in [1.29, 1.82) is 0 Å². The van der Waals surface area contributed by atoms with Gasteiger partial charge in [0, 0.05) is 25.2 Å². The van der Waals surface area contributed by atoms with Gasteiger partial charge in [0.25, 0.3) is 5.91 Å². The molecular weight excluding hydrogens is 477 g/mol. The zero-order chi connectivity index (χ0) is 20.0. The van der Waals surface area contributed by atoms with Gasteiger partial charge < -0.3 is 20.9 Å². The van der Waals surface area contributed by atoms with E-state index in [-0.39, 0.29) is 29.9 Å². The van der Waals surface area contributed by atoms with Gasteiger partial charge in [-0.1, -0.05) is 25.0 Å². The Morgan fingerprint density at radius 3 is 2.24 bits per heavy atom. The number of amides is 1. The second kappa shape index (κ2) is 15.5. The third kappa shape index (κ3) is 10.3. The van der Waals surface area contributed by atoms with E-state index in [0.717, 1.165) is 37.6 Å². The molecule has 1 aromatic carbocycles. The molecule has 164 valence electrons.